The lowest BCUT2D eigenvalue weighted by Gasteiger charge is -2.12. The zero-order valence-corrected chi connectivity index (χ0v) is 33.3. The van der Waals surface area contributed by atoms with Crippen molar-refractivity contribution in [2.24, 2.45) is 0 Å². The van der Waals surface area contributed by atoms with E-state index >= 15 is 0 Å². The molecule has 6 nitrogen and oxygen atoms in total. The Labute approximate surface area is 356 Å². The summed E-state index contributed by atoms with van der Waals surface area (Å²) >= 11 is 0. The number of hydrogen-bond acceptors (Lipinski definition) is 4. The fourth-order valence-electron chi connectivity index (χ4n) is 9.53. The van der Waals surface area contributed by atoms with Gasteiger partial charge in [-0.15, -0.1) is 0 Å². The molecule has 0 amide bonds. The van der Waals surface area contributed by atoms with E-state index in [1.807, 2.05) is 72.9 Å². The van der Waals surface area contributed by atoms with Gasteiger partial charge in [0, 0.05) is 50.1 Å². The highest BCUT2D eigenvalue weighted by Gasteiger charge is 2.24. The number of nitrogens with zero attached hydrogens (tertiary/aromatic N) is 6. The van der Waals surface area contributed by atoms with E-state index in [1.165, 1.54) is 54.1 Å². The maximum Gasteiger partial charge on any atom is 0.164 e. The lowest BCUT2D eigenvalue weighted by atomic mass is 9.99. The van der Waals surface area contributed by atoms with Gasteiger partial charge in [-0.3, -0.25) is 4.57 Å². The van der Waals surface area contributed by atoms with Gasteiger partial charge in [-0.05, 0) is 87.3 Å². The number of pyridine rings is 1. The second-order valence-corrected chi connectivity index (χ2v) is 15.9. The normalized spacial score (nSPS) is 11.9. The molecule has 0 aliphatic heterocycles. The second-order valence-electron chi connectivity index (χ2n) is 15.9. The molecule has 0 saturated heterocycles. The minimum atomic E-state index is 0.638. The Balaban J connectivity index is 0.962. The summed E-state index contributed by atoms with van der Waals surface area (Å²) in [6.45, 7) is 0. The van der Waals surface area contributed by atoms with E-state index in [1.54, 1.807) is 0 Å². The van der Waals surface area contributed by atoms with Crippen molar-refractivity contribution in [2.75, 3.05) is 0 Å². The van der Waals surface area contributed by atoms with Crippen molar-refractivity contribution in [1.29, 1.82) is 0 Å². The van der Waals surface area contributed by atoms with E-state index in [4.69, 9.17) is 19.9 Å². The van der Waals surface area contributed by atoms with Crippen LogP contribution in [0.4, 0.5) is 0 Å². The highest BCUT2D eigenvalue weighted by atomic mass is 15.1. The van der Waals surface area contributed by atoms with Crippen molar-refractivity contribution < 1.29 is 0 Å². The van der Waals surface area contributed by atoms with Gasteiger partial charge in [-0.25, -0.2) is 19.9 Å². The van der Waals surface area contributed by atoms with Crippen LogP contribution in [0.5, 0.6) is 0 Å². The van der Waals surface area contributed by atoms with Crippen LogP contribution in [0.15, 0.2) is 206 Å². The highest BCUT2D eigenvalue weighted by Crippen LogP contribution is 2.46. The molecule has 0 unspecified atom stereocenters. The Kier molecular flexibility index (Phi) is 7.50. The van der Waals surface area contributed by atoms with Gasteiger partial charge in [0.25, 0.3) is 0 Å². The SMILES string of the molecule is c1ccc(-c2nc(-c3ccccc3)nc(-c3cccc(-c4ccc5cc(-n6c7cccc8ccc9cc%10c(c%11ccccc%11n%10-c%10ccccn%10)c6c9c87)ccc5c4)c3)n2)cc1. The first-order valence-electron chi connectivity index (χ1n) is 20.9. The van der Waals surface area contributed by atoms with Crippen molar-refractivity contribution in [2.45, 2.75) is 0 Å². The summed E-state index contributed by atoms with van der Waals surface area (Å²) in [5.74, 6) is 2.84. The first-order valence-corrected chi connectivity index (χ1v) is 20.9. The molecular weight excluding hydrogens is 757 g/mol. The van der Waals surface area contributed by atoms with Gasteiger partial charge in [-0.2, -0.15) is 0 Å². The quantitative estimate of drug-likeness (QED) is 0.157. The number of benzene rings is 9. The number of para-hydroxylation sites is 1. The summed E-state index contributed by atoms with van der Waals surface area (Å²) in [6.07, 6.45) is 1.87. The maximum atomic E-state index is 5.00. The molecule has 0 aliphatic rings. The molecule has 0 spiro atoms. The van der Waals surface area contributed by atoms with Crippen LogP contribution in [-0.2, 0) is 0 Å². The third kappa shape index (κ3) is 5.30. The first-order chi connectivity index (χ1) is 30.7. The lowest BCUT2D eigenvalue weighted by Crippen LogP contribution is -2.00. The molecule has 13 rings (SSSR count). The molecule has 0 radical (unpaired) electrons. The second kappa shape index (κ2) is 13.5. The highest BCUT2D eigenvalue weighted by molar-refractivity contribution is 6.34. The molecule has 288 valence electrons. The fraction of sp³-hybridized carbons (Fsp3) is 0. The van der Waals surface area contributed by atoms with E-state index in [0.717, 1.165) is 50.4 Å². The standard InChI is InChI=1S/C56H34N6/c1-3-13-36(14-4-1)54-58-55(37-15-5-2-6-16-37)60-56(59-54)43-19-11-18-38(32-43)39-25-26-41-33-44(29-28-40(41)31-39)61-47-22-12-17-35-24-27-42-34-48-52(53(61)51(42)50(35)47)45-20-7-8-21-46(45)62(48)49-23-9-10-30-57-49/h1-34H. The number of hydrogen-bond donors (Lipinski definition) is 0. The Morgan fingerprint density at radius 1 is 0.323 bits per heavy atom. The molecule has 9 aromatic carbocycles. The van der Waals surface area contributed by atoms with Gasteiger partial charge in [0.2, 0.25) is 0 Å². The van der Waals surface area contributed by atoms with Crippen molar-refractivity contribution in [1.82, 2.24) is 29.1 Å². The van der Waals surface area contributed by atoms with Gasteiger partial charge in [-0.1, -0.05) is 146 Å². The van der Waals surface area contributed by atoms with Gasteiger partial charge in [0.05, 0.1) is 22.1 Å². The third-order valence-corrected chi connectivity index (χ3v) is 12.3. The maximum absolute atomic E-state index is 5.00. The lowest BCUT2D eigenvalue weighted by molar-refractivity contribution is 1.07. The zero-order chi connectivity index (χ0) is 40.7. The molecule has 0 atom stereocenters. The van der Waals surface area contributed by atoms with Crippen molar-refractivity contribution in [3.63, 3.8) is 0 Å². The summed E-state index contributed by atoms with van der Waals surface area (Å²) in [5.41, 5.74) is 10.9. The minimum Gasteiger partial charge on any atom is -0.308 e. The Morgan fingerprint density at radius 3 is 1.73 bits per heavy atom. The molecule has 0 fully saturated rings. The van der Waals surface area contributed by atoms with Crippen LogP contribution in [0.2, 0.25) is 0 Å². The average molecular weight is 791 g/mol. The Bertz CT molecular complexity index is 3790. The van der Waals surface area contributed by atoms with Crippen LogP contribution in [0.1, 0.15) is 0 Å². The summed E-state index contributed by atoms with van der Waals surface area (Å²) in [6, 6.07) is 70.8. The summed E-state index contributed by atoms with van der Waals surface area (Å²) in [5, 5.41) is 9.80. The monoisotopic (exact) mass is 790 g/mol. The summed E-state index contributed by atoms with van der Waals surface area (Å²) in [4.78, 5) is 19.7. The fourth-order valence-corrected chi connectivity index (χ4v) is 9.53. The van der Waals surface area contributed by atoms with E-state index in [0.29, 0.717) is 17.5 Å². The number of rotatable bonds is 6. The van der Waals surface area contributed by atoms with Gasteiger partial charge in [0.15, 0.2) is 17.5 Å². The van der Waals surface area contributed by atoms with Crippen LogP contribution < -0.4 is 0 Å². The first kappa shape index (κ1) is 34.4. The molecule has 13 aromatic rings. The molecule has 0 saturated carbocycles. The smallest absolute Gasteiger partial charge is 0.164 e. The van der Waals surface area contributed by atoms with Crippen molar-refractivity contribution in [3.05, 3.63) is 206 Å². The Hall–Kier alpha value is -8.48. The Morgan fingerprint density at radius 2 is 0.935 bits per heavy atom. The molecule has 6 heteroatoms. The predicted molar refractivity (Wildman–Crippen MR) is 254 cm³/mol. The minimum absolute atomic E-state index is 0.638. The van der Waals surface area contributed by atoms with Crippen LogP contribution in [0, 0.1) is 0 Å². The molecule has 4 heterocycles. The van der Waals surface area contributed by atoms with E-state index < -0.39 is 0 Å². The molecule has 0 aliphatic carbocycles. The van der Waals surface area contributed by atoms with Crippen LogP contribution in [0.25, 0.3) is 122 Å². The van der Waals surface area contributed by atoms with Crippen LogP contribution >= 0.6 is 0 Å². The van der Waals surface area contributed by atoms with E-state index in [9.17, 15) is 0 Å². The number of fused-ring (bicyclic) bond motifs is 5. The molecule has 4 aromatic heterocycles. The molecule has 0 bridgehead atoms. The summed E-state index contributed by atoms with van der Waals surface area (Å²) in [7, 11) is 0. The summed E-state index contributed by atoms with van der Waals surface area (Å²) < 4.78 is 4.80. The van der Waals surface area contributed by atoms with Crippen LogP contribution in [0.3, 0.4) is 0 Å². The van der Waals surface area contributed by atoms with Gasteiger partial charge >= 0.3 is 0 Å². The van der Waals surface area contributed by atoms with Crippen molar-refractivity contribution in [3.8, 4) is 56.8 Å². The predicted octanol–water partition coefficient (Wildman–Crippen LogP) is 13.9. The molecule has 62 heavy (non-hydrogen) atoms. The van der Waals surface area contributed by atoms with Gasteiger partial charge < -0.3 is 4.57 Å². The van der Waals surface area contributed by atoms with Crippen LogP contribution in [-0.4, -0.2) is 29.1 Å². The molecular formula is C56H34N6. The van der Waals surface area contributed by atoms with E-state index in [2.05, 4.69) is 143 Å². The largest absolute Gasteiger partial charge is 0.308 e. The zero-order valence-electron chi connectivity index (χ0n) is 33.3. The average Bonchev–Trinajstić information content (AvgIpc) is 3.87. The number of aromatic nitrogens is 6. The topological polar surface area (TPSA) is 61.4 Å². The van der Waals surface area contributed by atoms with E-state index in [-0.39, 0.29) is 0 Å². The molecule has 0 N–H and O–H groups in total. The van der Waals surface area contributed by atoms with Crippen molar-refractivity contribution >= 4 is 65.2 Å². The van der Waals surface area contributed by atoms with Gasteiger partial charge in [0.1, 0.15) is 5.82 Å². The third-order valence-electron chi connectivity index (χ3n) is 12.3.